The van der Waals surface area contributed by atoms with E-state index in [9.17, 15) is 28.2 Å². The Labute approximate surface area is 191 Å². The highest BCUT2D eigenvalue weighted by molar-refractivity contribution is 5.95. The van der Waals surface area contributed by atoms with Crippen LogP contribution in [0.25, 0.3) is 0 Å². The van der Waals surface area contributed by atoms with Crippen LogP contribution in [-0.2, 0) is 12.2 Å². The number of amides is 1. The normalized spacial score (nSPS) is 23.1. The average molecular weight is 463 g/mol. The maximum absolute atomic E-state index is 13.3. The molecule has 1 aromatic carbocycles. The number of hydrogen-bond donors (Lipinski definition) is 2. The van der Waals surface area contributed by atoms with Crippen LogP contribution in [0.3, 0.4) is 0 Å². The lowest BCUT2D eigenvalue weighted by atomic mass is 9.80. The van der Waals surface area contributed by atoms with E-state index in [1.165, 1.54) is 24.3 Å². The Morgan fingerprint density at radius 1 is 1.03 bits per heavy atom. The standard InChI is InChI=1S/C25H29F3N2O3/c1-24(33,25(26,27)28)18-8-4-17(5-9-18)23(32)30(20-12-13-20)19-10-6-16(7-11-19)21-3-2-14-29-22(21)15-31/h2-5,8-9,14,16,19-20,31,33H,6-7,10-13,15H2,1H3/t16?,19?,24-/m0/s1. The zero-order valence-corrected chi connectivity index (χ0v) is 18.6. The van der Waals surface area contributed by atoms with E-state index in [1.807, 2.05) is 17.0 Å². The second-order valence-electron chi connectivity index (χ2n) is 9.29. The Bertz CT molecular complexity index is 979. The van der Waals surface area contributed by atoms with Gasteiger partial charge in [0, 0.05) is 23.8 Å². The third kappa shape index (κ3) is 4.77. The van der Waals surface area contributed by atoms with E-state index in [1.54, 1.807) is 6.20 Å². The Kier molecular flexibility index (Phi) is 6.51. The van der Waals surface area contributed by atoms with E-state index in [0.717, 1.165) is 44.1 Å². The fraction of sp³-hybridized carbons (Fsp3) is 0.520. The Morgan fingerprint density at radius 3 is 2.12 bits per heavy atom. The van der Waals surface area contributed by atoms with Crippen LogP contribution in [0, 0.1) is 0 Å². The van der Waals surface area contributed by atoms with Gasteiger partial charge in [-0.2, -0.15) is 13.2 Å². The molecule has 8 heteroatoms. The molecule has 1 aromatic heterocycles. The molecule has 0 unspecified atom stereocenters. The van der Waals surface area contributed by atoms with Crippen molar-refractivity contribution in [3.63, 3.8) is 0 Å². The van der Waals surface area contributed by atoms with E-state index < -0.39 is 11.8 Å². The first-order chi connectivity index (χ1) is 15.6. The van der Waals surface area contributed by atoms with Gasteiger partial charge in [0.2, 0.25) is 0 Å². The Balaban J connectivity index is 1.47. The van der Waals surface area contributed by atoms with Gasteiger partial charge in [-0.25, -0.2) is 0 Å². The van der Waals surface area contributed by atoms with Crippen molar-refractivity contribution in [1.82, 2.24) is 9.88 Å². The highest BCUT2D eigenvalue weighted by atomic mass is 19.4. The molecular weight excluding hydrogens is 433 g/mol. The quantitative estimate of drug-likeness (QED) is 0.654. The molecule has 2 aromatic rings. The van der Waals surface area contributed by atoms with Gasteiger partial charge in [-0.1, -0.05) is 18.2 Å². The van der Waals surface area contributed by atoms with Gasteiger partial charge in [-0.05, 0) is 80.7 Å². The minimum atomic E-state index is -4.80. The fourth-order valence-corrected chi connectivity index (χ4v) is 4.85. The van der Waals surface area contributed by atoms with Gasteiger partial charge >= 0.3 is 6.18 Å². The van der Waals surface area contributed by atoms with Gasteiger partial charge < -0.3 is 15.1 Å². The summed E-state index contributed by atoms with van der Waals surface area (Å²) < 4.78 is 39.4. The van der Waals surface area contributed by atoms with Crippen molar-refractivity contribution in [1.29, 1.82) is 0 Å². The van der Waals surface area contributed by atoms with Crippen LogP contribution in [0.2, 0.25) is 0 Å². The van der Waals surface area contributed by atoms with Gasteiger partial charge in [0.25, 0.3) is 5.91 Å². The second-order valence-corrected chi connectivity index (χ2v) is 9.29. The Morgan fingerprint density at radius 2 is 1.61 bits per heavy atom. The lowest BCUT2D eigenvalue weighted by Gasteiger charge is -2.38. The summed E-state index contributed by atoms with van der Waals surface area (Å²) in [5.74, 6) is 0.119. The molecule has 1 heterocycles. The van der Waals surface area contributed by atoms with Crippen molar-refractivity contribution >= 4 is 5.91 Å². The zero-order valence-electron chi connectivity index (χ0n) is 18.6. The summed E-state index contributed by atoms with van der Waals surface area (Å²) in [6.45, 7) is 0.614. The number of halogens is 3. The first kappa shape index (κ1) is 23.7. The summed E-state index contributed by atoms with van der Waals surface area (Å²) in [5.41, 5.74) is -1.16. The summed E-state index contributed by atoms with van der Waals surface area (Å²) >= 11 is 0. The number of carbonyl (C=O) groups is 1. The van der Waals surface area contributed by atoms with E-state index in [-0.39, 0.29) is 36.1 Å². The third-order valence-electron chi connectivity index (χ3n) is 7.03. The first-order valence-corrected chi connectivity index (χ1v) is 11.4. The molecule has 5 nitrogen and oxygen atoms in total. The summed E-state index contributed by atoms with van der Waals surface area (Å²) in [7, 11) is 0. The number of alkyl halides is 3. The summed E-state index contributed by atoms with van der Waals surface area (Å²) in [4.78, 5) is 19.5. The van der Waals surface area contributed by atoms with Crippen LogP contribution >= 0.6 is 0 Å². The van der Waals surface area contributed by atoms with Gasteiger partial charge in [-0.15, -0.1) is 0 Å². The third-order valence-corrected chi connectivity index (χ3v) is 7.03. The summed E-state index contributed by atoms with van der Waals surface area (Å²) in [5, 5.41) is 19.5. The number of hydrogen-bond acceptors (Lipinski definition) is 4. The molecule has 1 amide bonds. The van der Waals surface area contributed by atoms with Gasteiger partial charge in [-0.3, -0.25) is 9.78 Å². The molecule has 4 rings (SSSR count). The minimum Gasteiger partial charge on any atom is -0.390 e. The van der Waals surface area contributed by atoms with Gasteiger partial charge in [0.15, 0.2) is 5.60 Å². The predicted octanol–water partition coefficient (Wildman–Crippen LogP) is 4.67. The number of pyridine rings is 1. The molecule has 0 bridgehead atoms. The largest absolute Gasteiger partial charge is 0.421 e. The molecule has 2 aliphatic rings. The van der Waals surface area contributed by atoms with Crippen molar-refractivity contribution in [3.05, 3.63) is 65.0 Å². The maximum atomic E-state index is 13.3. The number of aliphatic hydroxyl groups excluding tert-OH is 1. The van der Waals surface area contributed by atoms with Crippen molar-refractivity contribution in [3.8, 4) is 0 Å². The number of aliphatic hydroxyl groups is 2. The van der Waals surface area contributed by atoms with Crippen LogP contribution < -0.4 is 0 Å². The van der Waals surface area contributed by atoms with Crippen LogP contribution in [0.4, 0.5) is 13.2 Å². The maximum Gasteiger partial charge on any atom is 0.421 e. The van der Waals surface area contributed by atoms with E-state index >= 15 is 0 Å². The summed E-state index contributed by atoms with van der Waals surface area (Å²) in [6, 6.07) is 9.25. The molecule has 2 saturated carbocycles. The van der Waals surface area contributed by atoms with Crippen molar-refractivity contribution in [2.75, 3.05) is 0 Å². The number of benzene rings is 1. The highest BCUT2D eigenvalue weighted by Gasteiger charge is 2.51. The first-order valence-electron chi connectivity index (χ1n) is 11.4. The van der Waals surface area contributed by atoms with Gasteiger partial charge in [0.1, 0.15) is 0 Å². The minimum absolute atomic E-state index is 0.0773. The molecule has 33 heavy (non-hydrogen) atoms. The van der Waals surface area contributed by atoms with Crippen molar-refractivity contribution < 1.29 is 28.2 Å². The van der Waals surface area contributed by atoms with Crippen LogP contribution in [0.1, 0.15) is 78.5 Å². The zero-order chi connectivity index (χ0) is 23.8. The molecule has 2 N–H and O–H groups in total. The number of nitrogens with zero attached hydrogens (tertiary/aromatic N) is 2. The molecule has 0 aliphatic heterocycles. The second kappa shape index (κ2) is 9.06. The lowest BCUT2D eigenvalue weighted by molar-refractivity contribution is -0.258. The van der Waals surface area contributed by atoms with E-state index in [0.29, 0.717) is 18.2 Å². The molecule has 1 atom stereocenters. The predicted molar refractivity (Wildman–Crippen MR) is 116 cm³/mol. The van der Waals surface area contributed by atoms with E-state index in [4.69, 9.17) is 0 Å². The molecule has 2 aliphatic carbocycles. The number of aromatic nitrogens is 1. The molecule has 178 valence electrons. The van der Waals surface area contributed by atoms with Crippen molar-refractivity contribution in [2.45, 2.75) is 81.8 Å². The monoisotopic (exact) mass is 462 g/mol. The van der Waals surface area contributed by atoms with Crippen LogP contribution in [0.15, 0.2) is 42.6 Å². The lowest BCUT2D eigenvalue weighted by Crippen LogP contribution is -2.44. The molecule has 0 saturated heterocycles. The number of carbonyl (C=O) groups excluding carboxylic acids is 1. The summed E-state index contributed by atoms with van der Waals surface area (Å²) in [6.07, 6.45) is 2.16. The smallest absolute Gasteiger partial charge is 0.390 e. The van der Waals surface area contributed by atoms with Crippen LogP contribution in [0.5, 0.6) is 0 Å². The fourth-order valence-electron chi connectivity index (χ4n) is 4.85. The SMILES string of the molecule is C[C@](O)(c1ccc(C(=O)N(C2CCC(c3cccnc3CO)CC2)C2CC2)cc1)C(F)(F)F. The molecule has 2 fully saturated rings. The van der Waals surface area contributed by atoms with Crippen molar-refractivity contribution in [2.24, 2.45) is 0 Å². The average Bonchev–Trinajstić information content (AvgIpc) is 3.64. The molecular formula is C25H29F3N2O3. The van der Waals surface area contributed by atoms with Gasteiger partial charge in [0.05, 0.1) is 12.3 Å². The van der Waals surface area contributed by atoms with E-state index in [2.05, 4.69) is 4.98 Å². The topological polar surface area (TPSA) is 73.7 Å². The molecule has 0 radical (unpaired) electrons. The van der Waals surface area contributed by atoms with Crippen LogP contribution in [-0.4, -0.2) is 44.3 Å². The Hall–Kier alpha value is -2.45. The molecule has 0 spiro atoms. The number of rotatable bonds is 6. The highest BCUT2D eigenvalue weighted by Crippen LogP contribution is 2.41.